The molecule has 256 valence electrons. The van der Waals surface area contributed by atoms with Crippen molar-refractivity contribution in [2.24, 2.45) is 16.7 Å². The minimum Gasteiger partial charge on any atom is -0.454 e. The van der Waals surface area contributed by atoms with Gasteiger partial charge in [0.1, 0.15) is 30.0 Å². The van der Waals surface area contributed by atoms with E-state index in [9.17, 15) is 25.2 Å². The summed E-state index contributed by atoms with van der Waals surface area (Å²) in [6.07, 6.45) is -7.77. The van der Waals surface area contributed by atoms with Crippen LogP contribution in [-0.4, -0.2) is 94.9 Å². The Morgan fingerprint density at radius 2 is 1.65 bits per heavy atom. The second kappa shape index (κ2) is 12.2. The average molecular weight is 661 g/mol. The molecule has 0 amide bonds. The summed E-state index contributed by atoms with van der Waals surface area (Å²) in [5.41, 5.74) is -5.64. The van der Waals surface area contributed by atoms with Crippen molar-refractivity contribution in [3.63, 3.8) is 0 Å². The van der Waals surface area contributed by atoms with Crippen molar-refractivity contribution in [3.8, 4) is 0 Å². The Bertz CT molecular complexity index is 1350. The Hall–Kier alpha value is -1.96. The highest BCUT2D eigenvalue weighted by atomic mass is 28.4. The monoisotopic (exact) mass is 660 g/mol. The summed E-state index contributed by atoms with van der Waals surface area (Å²) in [5.74, 6) is -2.30. The second-order valence-electron chi connectivity index (χ2n) is 14.6. The Morgan fingerprint density at radius 1 is 1.04 bits per heavy atom. The molecule has 1 aromatic rings. The Balaban J connectivity index is 1.84. The fraction of sp³-hybridized carbons (Fsp3) is 0.714. The third kappa shape index (κ3) is 4.83. The summed E-state index contributed by atoms with van der Waals surface area (Å²) in [6, 6.07) is 11.7. The van der Waals surface area contributed by atoms with Crippen molar-refractivity contribution in [1.82, 2.24) is 0 Å². The van der Waals surface area contributed by atoms with E-state index in [0.29, 0.717) is 0 Å². The lowest BCUT2D eigenvalue weighted by Crippen LogP contribution is -2.83. The number of esters is 1. The molecule has 0 spiro atoms. The van der Waals surface area contributed by atoms with Crippen molar-refractivity contribution >= 4 is 20.1 Å². The maximum absolute atomic E-state index is 15.2. The Morgan fingerprint density at radius 3 is 2.17 bits per heavy atom. The van der Waals surface area contributed by atoms with Gasteiger partial charge in [-0.15, -0.1) is 0 Å². The van der Waals surface area contributed by atoms with Crippen LogP contribution in [0.15, 0.2) is 41.5 Å². The van der Waals surface area contributed by atoms with Gasteiger partial charge in [-0.25, -0.2) is 0 Å². The van der Waals surface area contributed by atoms with Gasteiger partial charge >= 0.3 is 5.97 Å². The van der Waals surface area contributed by atoms with Gasteiger partial charge in [0.25, 0.3) is 0 Å². The molecular formula is C35H52O10Si. The van der Waals surface area contributed by atoms with E-state index in [1.807, 2.05) is 30.3 Å². The smallest absolute Gasteiger partial charge is 0.303 e. The molecule has 0 aromatic heterocycles. The van der Waals surface area contributed by atoms with Crippen LogP contribution in [0.3, 0.4) is 0 Å². The first-order valence-electron chi connectivity index (χ1n) is 16.7. The molecule has 1 saturated heterocycles. The van der Waals surface area contributed by atoms with Crippen molar-refractivity contribution in [1.29, 1.82) is 0 Å². The first-order chi connectivity index (χ1) is 21.5. The van der Waals surface area contributed by atoms with Crippen LogP contribution in [0, 0.1) is 16.7 Å². The van der Waals surface area contributed by atoms with Gasteiger partial charge in [-0.2, -0.15) is 0 Å². The number of rotatable bonds is 9. The number of ketones is 1. The largest absolute Gasteiger partial charge is 0.454 e. The van der Waals surface area contributed by atoms with Crippen LogP contribution in [0.4, 0.5) is 0 Å². The number of hydrogen-bond donors (Lipinski definition) is 4. The Labute approximate surface area is 273 Å². The quantitative estimate of drug-likeness (QED) is 0.176. The molecule has 10 atom stereocenters. The number of benzene rings is 1. The third-order valence-electron chi connectivity index (χ3n) is 12.3. The number of aliphatic hydroxyl groups is 4. The van der Waals surface area contributed by atoms with Gasteiger partial charge in [0, 0.05) is 24.7 Å². The maximum atomic E-state index is 15.2. The normalized spacial score (nSPS) is 40.3. The van der Waals surface area contributed by atoms with Crippen LogP contribution >= 0.6 is 0 Å². The van der Waals surface area contributed by atoms with Crippen molar-refractivity contribution in [2.45, 2.75) is 134 Å². The van der Waals surface area contributed by atoms with E-state index in [0.717, 1.165) is 23.7 Å². The molecule has 4 aliphatic rings. The molecular weight excluding hydrogens is 608 g/mol. The van der Waals surface area contributed by atoms with Crippen LogP contribution < -0.4 is 0 Å². The van der Waals surface area contributed by atoms with E-state index in [2.05, 4.69) is 20.8 Å². The lowest BCUT2D eigenvalue weighted by atomic mass is 9.44. The Kier molecular flexibility index (Phi) is 9.35. The molecule has 1 heterocycles. The molecule has 2 saturated carbocycles. The summed E-state index contributed by atoms with van der Waals surface area (Å²) < 4.78 is 26.2. The molecule has 2 bridgehead atoms. The summed E-state index contributed by atoms with van der Waals surface area (Å²) in [5, 5.41) is 48.5. The van der Waals surface area contributed by atoms with Crippen molar-refractivity contribution in [2.75, 3.05) is 6.61 Å². The van der Waals surface area contributed by atoms with Gasteiger partial charge < -0.3 is 39.1 Å². The lowest BCUT2D eigenvalue weighted by Gasteiger charge is -2.69. The molecule has 4 N–H and O–H groups in total. The fourth-order valence-corrected chi connectivity index (χ4v) is 12.3. The fourth-order valence-electron chi connectivity index (χ4n) is 9.31. The first-order valence-corrected chi connectivity index (χ1v) is 19.2. The molecule has 0 radical (unpaired) electrons. The predicted molar refractivity (Wildman–Crippen MR) is 172 cm³/mol. The van der Waals surface area contributed by atoms with Gasteiger partial charge in [0.05, 0.1) is 30.8 Å². The summed E-state index contributed by atoms with van der Waals surface area (Å²) in [7, 11) is -2.40. The highest BCUT2D eigenvalue weighted by Crippen LogP contribution is 2.64. The van der Waals surface area contributed by atoms with Crippen LogP contribution in [0.2, 0.25) is 18.1 Å². The number of Topliss-reactive ketones (excluding diaryl/α,β-unsaturated/α-hetero) is 1. The number of carbonyl (C=O) groups is 2. The summed E-state index contributed by atoms with van der Waals surface area (Å²) in [6.45, 7) is 14.0. The number of carbonyl (C=O) groups excluding carboxylic acids is 2. The number of aliphatic hydroxyl groups excluding tert-OH is 3. The second-order valence-corrected chi connectivity index (χ2v) is 19.3. The standard InChI is InChI=1S/C35H52O10Si/c1-9-46(10-2,11-3)45-23-17-24-34(19-43-24,44-21(5)36)28-31(42-18-22-15-13-12-14-16-22)35(41)30(40)26(37)20(4)25(32(35,6)7)27(38)29(39)33(23,28)8/h12-16,23-24,26-28,30-31,37-38,40-41H,9-11,17-19H2,1-8H3/t23-,24?,26+,27+,28-,30-,31-,33+,34-,35+/m0/s1. The van der Waals surface area contributed by atoms with E-state index >= 15 is 4.79 Å². The first kappa shape index (κ1) is 35.3. The molecule has 10 nitrogen and oxygen atoms in total. The highest BCUT2D eigenvalue weighted by molar-refractivity contribution is 6.73. The van der Waals surface area contributed by atoms with E-state index in [4.69, 9.17) is 18.6 Å². The van der Waals surface area contributed by atoms with Gasteiger partial charge in [-0.1, -0.05) is 65.0 Å². The van der Waals surface area contributed by atoms with Crippen LogP contribution in [-0.2, 0) is 34.8 Å². The van der Waals surface area contributed by atoms with Gasteiger partial charge in [0.15, 0.2) is 19.7 Å². The van der Waals surface area contributed by atoms with Crippen molar-refractivity contribution in [3.05, 3.63) is 47.0 Å². The van der Waals surface area contributed by atoms with Crippen LogP contribution in [0.25, 0.3) is 0 Å². The molecule has 1 aromatic carbocycles. The lowest BCUT2D eigenvalue weighted by molar-refractivity contribution is -0.357. The topological polar surface area (TPSA) is 152 Å². The SMILES string of the molecule is CC[Si](CC)(CC)O[C@H]1CC2OC[C@@]2(OC(C)=O)[C@H]2[C@H](OCc3ccccc3)[C@]3(O)[C@@H](O)[C@H](O)C(C)=C([C@@H](O)C(=O)[C@]12C)C3(C)C. The van der Waals surface area contributed by atoms with Crippen LogP contribution in [0.1, 0.15) is 67.4 Å². The number of hydrogen-bond acceptors (Lipinski definition) is 10. The number of fused-ring (bicyclic) bond motifs is 5. The van der Waals surface area contributed by atoms with E-state index < -0.39 is 84.6 Å². The maximum Gasteiger partial charge on any atom is 0.303 e. The molecule has 5 rings (SSSR count). The highest BCUT2D eigenvalue weighted by Gasteiger charge is 2.79. The van der Waals surface area contributed by atoms with E-state index in [-0.39, 0.29) is 30.8 Å². The minimum atomic E-state index is -2.40. The molecule has 1 unspecified atom stereocenters. The zero-order valence-electron chi connectivity index (χ0n) is 28.4. The molecule has 1 aliphatic heterocycles. The molecule has 3 fully saturated rings. The minimum absolute atomic E-state index is 0.0150. The number of ether oxygens (including phenoxy) is 3. The van der Waals surface area contributed by atoms with Gasteiger partial charge in [-0.3, -0.25) is 9.59 Å². The molecule has 11 heteroatoms. The van der Waals surface area contributed by atoms with Crippen LogP contribution in [0.5, 0.6) is 0 Å². The zero-order valence-corrected chi connectivity index (χ0v) is 29.4. The predicted octanol–water partition coefficient (Wildman–Crippen LogP) is 3.44. The van der Waals surface area contributed by atoms with Gasteiger partial charge in [0.2, 0.25) is 0 Å². The van der Waals surface area contributed by atoms with E-state index in [1.54, 1.807) is 27.7 Å². The summed E-state index contributed by atoms with van der Waals surface area (Å²) >= 11 is 0. The average Bonchev–Trinajstić information content (AvgIpc) is 3.02. The van der Waals surface area contributed by atoms with E-state index in [1.165, 1.54) is 6.92 Å². The molecule has 3 aliphatic carbocycles. The third-order valence-corrected chi connectivity index (χ3v) is 17.0. The van der Waals surface area contributed by atoms with Crippen molar-refractivity contribution < 1.29 is 48.7 Å². The molecule has 46 heavy (non-hydrogen) atoms. The van der Waals surface area contributed by atoms with Gasteiger partial charge in [-0.05, 0) is 48.7 Å². The summed E-state index contributed by atoms with van der Waals surface area (Å²) in [4.78, 5) is 28.0. The zero-order chi connectivity index (χ0) is 34.0.